The van der Waals surface area contributed by atoms with Gasteiger partial charge in [-0.05, 0) is 49.6 Å². The van der Waals surface area contributed by atoms with Crippen molar-refractivity contribution < 1.29 is 4.79 Å². The summed E-state index contributed by atoms with van der Waals surface area (Å²) >= 11 is 3.69. The summed E-state index contributed by atoms with van der Waals surface area (Å²) in [7, 11) is 0. The molecule has 1 atom stereocenters. The summed E-state index contributed by atoms with van der Waals surface area (Å²) in [5.41, 5.74) is 0. The molecule has 2 amide bonds. The van der Waals surface area contributed by atoms with Crippen molar-refractivity contribution >= 4 is 29.1 Å². The summed E-state index contributed by atoms with van der Waals surface area (Å²) < 4.78 is 0. The molecular formula is C16H25N3OS2. The number of carbonyl (C=O) groups excluding carboxylic acids is 1. The van der Waals surface area contributed by atoms with Crippen molar-refractivity contribution in [2.75, 3.05) is 37.7 Å². The molecule has 1 aromatic heterocycles. The van der Waals surface area contributed by atoms with Crippen molar-refractivity contribution in [3.05, 3.63) is 22.4 Å². The lowest BCUT2D eigenvalue weighted by Gasteiger charge is -2.32. The summed E-state index contributed by atoms with van der Waals surface area (Å²) in [5, 5.41) is 5.16. The van der Waals surface area contributed by atoms with Gasteiger partial charge in [0.2, 0.25) is 0 Å². The first-order valence-corrected chi connectivity index (χ1v) is 10.2. The second-order valence-electron chi connectivity index (χ2n) is 6.02. The Morgan fingerprint density at radius 3 is 2.91 bits per heavy atom. The van der Waals surface area contributed by atoms with Gasteiger partial charge in [-0.3, -0.25) is 0 Å². The van der Waals surface area contributed by atoms with E-state index >= 15 is 0 Å². The quantitative estimate of drug-likeness (QED) is 0.916. The zero-order chi connectivity index (χ0) is 15.2. The van der Waals surface area contributed by atoms with Crippen molar-refractivity contribution in [1.29, 1.82) is 0 Å². The Kier molecular flexibility index (Phi) is 6.04. The average molecular weight is 340 g/mol. The summed E-state index contributed by atoms with van der Waals surface area (Å²) in [6.07, 6.45) is 3.72. The number of hydrogen-bond acceptors (Lipinski definition) is 4. The van der Waals surface area contributed by atoms with Crippen molar-refractivity contribution in [3.63, 3.8) is 0 Å². The van der Waals surface area contributed by atoms with E-state index < -0.39 is 0 Å². The summed E-state index contributed by atoms with van der Waals surface area (Å²) in [5.74, 6) is 2.24. The van der Waals surface area contributed by atoms with E-state index in [-0.39, 0.29) is 6.03 Å². The van der Waals surface area contributed by atoms with E-state index in [0.29, 0.717) is 12.6 Å². The molecule has 3 heterocycles. The minimum Gasteiger partial charge on any atom is -0.333 e. The molecule has 0 radical (unpaired) electrons. The lowest BCUT2D eigenvalue weighted by molar-refractivity contribution is 0.162. The van der Waals surface area contributed by atoms with E-state index in [4.69, 9.17) is 0 Å². The van der Waals surface area contributed by atoms with Gasteiger partial charge < -0.3 is 15.1 Å². The van der Waals surface area contributed by atoms with Crippen molar-refractivity contribution in [2.24, 2.45) is 0 Å². The predicted molar refractivity (Wildman–Crippen MR) is 94.7 cm³/mol. The number of urea groups is 1. The van der Waals surface area contributed by atoms with Gasteiger partial charge in [0.05, 0.1) is 12.6 Å². The largest absolute Gasteiger partial charge is 0.333 e. The molecule has 2 aliphatic heterocycles. The minimum atomic E-state index is 0.111. The Labute approximate surface area is 141 Å². The fourth-order valence-electron chi connectivity index (χ4n) is 3.19. The minimum absolute atomic E-state index is 0.111. The standard InChI is InChI=1S/C16H25N3OS2/c20-16(17-11-15-5-3-10-22-15)19-8-4-9-21-13-14(19)12-18-6-1-2-7-18/h3,5,10,14H,1-2,4,6-9,11-13H2,(H,17,20). The van der Waals surface area contributed by atoms with E-state index in [1.165, 1.54) is 36.6 Å². The smallest absolute Gasteiger partial charge is 0.318 e. The molecule has 0 spiro atoms. The Morgan fingerprint density at radius 2 is 2.14 bits per heavy atom. The highest BCUT2D eigenvalue weighted by molar-refractivity contribution is 7.99. The average Bonchev–Trinajstić information content (AvgIpc) is 3.16. The molecule has 1 aromatic rings. The maximum Gasteiger partial charge on any atom is 0.318 e. The molecule has 2 aliphatic rings. The first-order valence-electron chi connectivity index (χ1n) is 8.20. The van der Waals surface area contributed by atoms with E-state index in [1.807, 2.05) is 17.8 Å². The molecule has 3 rings (SSSR count). The number of carbonyl (C=O) groups is 1. The Bertz CT molecular complexity index is 460. The number of amides is 2. The maximum atomic E-state index is 12.6. The number of rotatable bonds is 4. The topological polar surface area (TPSA) is 35.6 Å². The lowest BCUT2D eigenvalue weighted by Crippen LogP contribution is -2.51. The highest BCUT2D eigenvalue weighted by atomic mass is 32.2. The third-order valence-electron chi connectivity index (χ3n) is 4.36. The molecule has 4 nitrogen and oxygen atoms in total. The van der Waals surface area contributed by atoms with Crippen molar-refractivity contribution in [3.8, 4) is 0 Å². The molecule has 2 saturated heterocycles. The summed E-state index contributed by atoms with van der Waals surface area (Å²) in [4.78, 5) is 18.5. The van der Waals surface area contributed by atoms with Crippen LogP contribution in [0.3, 0.4) is 0 Å². The first-order chi connectivity index (χ1) is 10.8. The Hall–Kier alpha value is -0.720. The molecule has 0 saturated carbocycles. The second kappa shape index (κ2) is 8.22. The van der Waals surface area contributed by atoms with E-state index in [0.717, 1.165) is 25.3 Å². The molecule has 0 bridgehead atoms. The number of likely N-dealkylation sites (tertiary alicyclic amines) is 1. The van der Waals surface area contributed by atoms with Gasteiger partial charge in [-0.25, -0.2) is 4.79 Å². The van der Waals surface area contributed by atoms with Gasteiger partial charge in [0.1, 0.15) is 0 Å². The number of thiophene rings is 1. The van der Waals surface area contributed by atoms with E-state index in [2.05, 4.69) is 26.6 Å². The SMILES string of the molecule is O=C(NCc1cccs1)N1CCCSCC1CN1CCCC1. The van der Waals surface area contributed by atoms with Gasteiger partial charge in [0.15, 0.2) is 0 Å². The van der Waals surface area contributed by atoms with Crippen LogP contribution in [-0.2, 0) is 6.54 Å². The molecule has 0 aliphatic carbocycles. The van der Waals surface area contributed by atoms with Crippen LogP contribution >= 0.6 is 23.1 Å². The van der Waals surface area contributed by atoms with Crippen LogP contribution in [-0.4, -0.2) is 59.6 Å². The Morgan fingerprint density at radius 1 is 1.27 bits per heavy atom. The van der Waals surface area contributed by atoms with Crippen LogP contribution in [0, 0.1) is 0 Å². The fourth-order valence-corrected chi connectivity index (χ4v) is 4.89. The van der Waals surface area contributed by atoms with E-state index in [1.54, 1.807) is 11.3 Å². The third-order valence-corrected chi connectivity index (χ3v) is 6.44. The van der Waals surface area contributed by atoms with E-state index in [9.17, 15) is 4.79 Å². The number of nitrogens with zero attached hydrogens (tertiary/aromatic N) is 2. The van der Waals surface area contributed by atoms with Crippen LogP contribution in [0.25, 0.3) is 0 Å². The lowest BCUT2D eigenvalue weighted by atomic mass is 10.2. The van der Waals surface area contributed by atoms with Gasteiger partial charge >= 0.3 is 6.03 Å². The number of hydrogen-bond donors (Lipinski definition) is 1. The fraction of sp³-hybridized carbons (Fsp3) is 0.688. The van der Waals surface area contributed by atoms with Crippen LogP contribution in [0.4, 0.5) is 4.79 Å². The Balaban J connectivity index is 1.57. The van der Waals surface area contributed by atoms with Crippen LogP contribution < -0.4 is 5.32 Å². The van der Waals surface area contributed by atoms with Gasteiger partial charge in [-0.2, -0.15) is 11.8 Å². The van der Waals surface area contributed by atoms with Gasteiger partial charge in [-0.1, -0.05) is 6.07 Å². The van der Waals surface area contributed by atoms with Crippen molar-refractivity contribution in [1.82, 2.24) is 15.1 Å². The van der Waals surface area contributed by atoms with Crippen LogP contribution in [0.2, 0.25) is 0 Å². The van der Waals surface area contributed by atoms with Gasteiger partial charge in [0, 0.05) is 23.7 Å². The summed E-state index contributed by atoms with van der Waals surface area (Å²) in [6.45, 7) is 4.98. The van der Waals surface area contributed by atoms with Crippen molar-refractivity contribution in [2.45, 2.75) is 31.8 Å². The second-order valence-corrected chi connectivity index (χ2v) is 8.20. The highest BCUT2D eigenvalue weighted by Gasteiger charge is 2.28. The molecule has 22 heavy (non-hydrogen) atoms. The normalized spacial score (nSPS) is 23.5. The molecule has 1 unspecified atom stereocenters. The first kappa shape index (κ1) is 16.1. The van der Waals surface area contributed by atoms with Gasteiger partial charge in [0.25, 0.3) is 0 Å². The highest BCUT2D eigenvalue weighted by Crippen LogP contribution is 2.19. The van der Waals surface area contributed by atoms with Crippen LogP contribution in [0.5, 0.6) is 0 Å². The maximum absolute atomic E-state index is 12.6. The molecule has 6 heteroatoms. The molecular weight excluding hydrogens is 314 g/mol. The van der Waals surface area contributed by atoms with Gasteiger partial charge in [-0.15, -0.1) is 11.3 Å². The predicted octanol–water partition coefficient (Wildman–Crippen LogP) is 2.86. The zero-order valence-corrected chi connectivity index (χ0v) is 14.6. The molecule has 122 valence electrons. The number of nitrogens with one attached hydrogen (secondary N) is 1. The molecule has 2 fully saturated rings. The molecule has 0 aromatic carbocycles. The zero-order valence-electron chi connectivity index (χ0n) is 13.0. The number of thioether (sulfide) groups is 1. The molecule has 1 N–H and O–H groups in total. The third kappa shape index (κ3) is 4.40. The van der Waals surface area contributed by atoms with Crippen LogP contribution in [0.15, 0.2) is 17.5 Å². The monoisotopic (exact) mass is 339 g/mol. The van der Waals surface area contributed by atoms with Crippen LogP contribution in [0.1, 0.15) is 24.1 Å². The summed E-state index contributed by atoms with van der Waals surface area (Å²) in [6, 6.07) is 4.57.